The summed E-state index contributed by atoms with van der Waals surface area (Å²) in [6, 6.07) is 16.0. The van der Waals surface area contributed by atoms with Crippen molar-refractivity contribution in [1.29, 1.82) is 0 Å². The van der Waals surface area contributed by atoms with Crippen LogP contribution in [0.1, 0.15) is 24.1 Å². The fourth-order valence-electron chi connectivity index (χ4n) is 2.05. The van der Waals surface area contributed by atoms with E-state index in [4.69, 9.17) is 11.2 Å². The molecular weight excluding hydrogens is 234 g/mol. The molecule has 2 heteroatoms. The normalized spacial score (nSPS) is 11.4. The summed E-state index contributed by atoms with van der Waals surface area (Å²) in [5, 5.41) is 3.43. The molecule has 0 heterocycles. The number of hydrogen-bond acceptors (Lipinski definition) is 2. The van der Waals surface area contributed by atoms with Gasteiger partial charge in [0, 0.05) is 16.8 Å². The Morgan fingerprint density at radius 1 is 1.16 bits per heavy atom. The lowest BCUT2D eigenvalue weighted by molar-refractivity contribution is 0.408. The van der Waals surface area contributed by atoms with E-state index in [1.54, 1.807) is 7.11 Å². The standard InChI is InChI=1S/C17H17NO/c1-4-14-8-7-9-15(12-14)18-13(2)16-10-5-6-11-17(16)19-3/h1,5-13,18H,2-3H3. The fourth-order valence-corrected chi connectivity index (χ4v) is 2.05. The Kier molecular flexibility index (Phi) is 4.10. The van der Waals surface area contributed by atoms with Crippen molar-refractivity contribution in [3.8, 4) is 18.1 Å². The Morgan fingerprint density at radius 3 is 2.68 bits per heavy atom. The van der Waals surface area contributed by atoms with Gasteiger partial charge in [-0.2, -0.15) is 0 Å². The molecular formula is C17H17NO. The zero-order valence-corrected chi connectivity index (χ0v) is 11.2. The number of nitrogens with one attached hydrogen (secondary N) is 1. The van der Waals surface area contributed by atoms with Crippen LogP contribution in [-0.2, 0) is 0 Å². The van der Waals surface area contributed by atoms with Crippen LogP contribution in [0.5, 0.6) is 5.75 Å². The Labute approximate surface area is 114 Å². The Hall–Kier alpha value is -2.40. The van der Waals surface area contributed by atoms with Crippen LogP contribution in [0, 0.1) is 12.3 Å². The van der Waals surface area contributed by atoms with Crippen LogP contribution in [-0.4, -0.2) is 7.11 Å². The number of rotatable bonds is 4. The highest BCUT2D eigenvalue weighted by molar-refractivity contribution is 5.52. The second-order valence-electron chi connectivity index (χ2n) is 4.33. The first-order valence-corrected chi connectivity index (χ1v) is 6.20. The van der Waals surface area contributed by atoms with Crippen molar-refractivity contribution in [1.82, 2.24) is 0 Å². The molecule has 96 valence electrons. The number of hydrogen-bond donors (Lipinski definition) is 1. The van der Waals surface area contributed by atoms with Gasteiger partial charge in [-0.3, -0.25) is 0 Å². The zero-order chi connectivity index (χ0) is 13.7. The summed E-state index contributed by atoms with van der Waals surface area (Å²) in [5.41, 5.74) is 3.00. The molecule has 0 saturated carbocycles. The maximum absolute atomic E-state index is 5.41. The smallest absolute Gasteiger partial charge is 0.124 e. The first-order chi connectivity index (χ1) is 9.24. The molecule has 0 aliphatic carbocycles. The van der Waals surface area contributed by atoms with Gasteiger partial charge in [0.2, 0.25) is 0 Å². The minimum Gasteiger partial charge on any atom is -0.496 e. The maximum Gasteiger partial charge on any atom is 0.124 e. The highest BCUT2D eigenvalue weighted by Crippen LogP contribution is 2.27. The molecule has 1 unspecified atom stereocenters. The first kappa shape index (κ1) is 13.0. The molecule has 0 saturated heterocycles. The van der Waals surface area contributed by atoms with Gasteiger partial charge in [0.05, 0.1) is 13.2 Å². The third-order valence-electron chi connectivity index (χ3n) is 3.02. The van der Waals surface area contributed by atoms with Gasteiger partial charge < -0.3 is 10.1 Å². The number of para-hydroxylation sites is 1. The zero-order valence-electron chi connectivity index (χ0n) is 11.2. The predicted octanol–water partition coefficient (Wildman–Crippen LogP) is 3.85. The molecule has 2 rings (SSSR count). The number of terminal acetylenes is 1. The Morgan fingerprint density at radius 2 is 1.95 bits per heavy atom. The SMILES string of the molecule is C#Cc1cccc(NC(C)c2ccccc2OC)c1. The fraction of sp³-hybridized carbons (Fsp3) is 0.176. The van der Waals surface area contributed by atoms with E-state index in [9.17, 15) is 0 Å². The summed E-state index contributed by atoms with van der Waals surface area (Å²) in [5.74, 6) is 3.52. The number of benzene rings is 2. The summed E-state index contributed by atoms with van der Waals surface area (Å²) in [4.78, 5) is 0. The van der Waals surface area contributed by atoms with Gasteiger partial charge in [-0.1, -0.05) is 30.2 Å². The van der Waals surface area contributed by atoms with Crippen molar-refractivity contribution in [3.63, 3.8) is 0 Å². The minimum atomic E-state index is 0.143. The van der Waals surface area contributed by atoms with E-state index in [0.29, 0.717) is 0 Å². The van der Waals surface area contributed by atoms with E-state index in [2.05, 4.69) is 24.2 Å². The molecule has 0 amide bonds. The second kappa shape index (κ2) is 5.97. The highest BCUT2D eigenvalue weighted by Gasteiger charge is 2.10. The third kappa shape index (κ3) is 3.08. The number of methoxy groups -OCH3 is 1. The molecule has 19 heavy (non-hydrogen) atoms. The summed E-state index contributed by atoms with van der Waals surface area (Å²) >= 11 is 0. The third-order valence-corrected chi connectivity index (χ3v) is 3.02. The van der Waals surface area contributed by atoms with Gasteiger partial charge in [0.1, 0.15) is 5.75 Å². The van der Waals surface area contributed by atoms with Gasteiger partial charge in [-0.25, -0.2) is 0 Å². The topological polar surface area (TPSA) is 21.3 Å². The molecule has 0 aliphatic heterocycles. The van der Waals surface area contributed by atoms with E-state index in [1.165, 1.54) is 0 Å². The van der Waals surface area contributed by atoms with Crippen LogP contribution in [0.4, 0.5) is 5.69 Å². The molecule has 0 radical (unpaired) electrons. The molecule has 2 nitrogen and oxygen atoms in total. The summed E-state index contributed by atoms with van der Waals surface area (Å²) in [7, 11) is 1.69. The summed E-state index contributed by atoms with van der Waals surface area (Å²) in [6.07, 6.45) is 5.41. The maximum atomic E-state index is 5.41. The van der Waals surface area contributed by atoms with Crippen molar-refractivity contribution in [2.75, 3.05) is 12.4 Å². The minimum absolute atomic E-state index is 0.143. The molecule has 0 fully saturated rings. The lowest BCUT2D eigenvalue weighted by Crippen LogP contribution is -2.08. The average Bonchev–Trinajstić information content (AvgIpc) is 2.47. The van der Waals surface area contributed by atoms with Crippen molar-refractivity contribution in [2.45, 2.75) is 13.0 Å². The van der Waals surface area contributed by atoms with Crippen LogP contribution < -0.4 is 10.1 Å². The van der Waals surface area contributed by atoms with Crippen LogP contribution in [0.25, 0.3) is 0 Å². The van der Waals surface area contributed by atoms with Crippen molar-refractivity contribution in [2.24, 2.45) is 0 Å². The van der Waals surface area contributed by atoms with Crippen LogP contribution in [0.15, 0.2) is 48.5 Å². The predicted molar refractivity (Wildman–Crippen MR) is 79.4 cm³/mol. The van der Waals surface area contributed by atoms with E-state index >= 15 is 0 Å². The highest BCUT2D eigenvalue weighted by atomic mass is 16.5. The van der Waals surface area contributed by atoms with Crippen molar-refractivity contribution < 1.29 is 4.74 Å². The molecule has 0 bridgehead atoms. The van der Waals surface area contributed by atoms with Gasteiger partial charge in [0.15, 0.2) is 0 Å². The first-order valence-electron chi connectivity index (χ1n) is 6.20. The van der Waals surface area contributed by atoms with Gasteiger partial charge in [0.25, 0.3) is 0 Å². The van der Waals surface area contributed by atoms with E-state index in [1.807, 2.05) is 42.5 Å². The van der Waals surface area contributed by atoms with Crippen LogP contribution >= 0.6 is 0 Å². The lowest BCUT2D eigenvalue weighted by atomic mass is 10.1. The lowest BCUT2D eigenvalue weighted by Gasteiger charge is -2.18. The van der Waals surface area contributed by atoms with Gasteiger partial charge in [-0.15, -0.1) is 6.42 Å². The number of anilines is 1. The van der Waals surface area contributed by atoms with E-state index < -0.39 is 0 Å². The van der Waals surface area contributed by atoms with Crippen LogP contribution in [0.2, 0.25) is 0 Å². The van der Waals surface area contributed by atoms with E-state index in [-0.39, 0.29) is 6.04 Å². The average molecular weight is 251 g/mol. The monoisotopic (exact) mass is 251 g/mol. The molecule has 1 atom stereocenters. The van der Waals surface area contributed by atoms with Gasteiger partial charge >= 0.3 is 0 Å². The van der Waals surface area contributed by atoms with Crippen molar-refractivity contribution in [3.05, 3.63) is 59.7 Å². The summed E-state index contributed by atoms with van der Waals surface area (Å²) in [6.45, 7) is 2.10. The molecule has 0 spiro atoms. The molecule has 0 aliphatic rings. The van der Waals surface area contributed by atoms with Gasteiger partial charge in [-0.05, 0) is 31.2 Å². The van der Waals surface area contributed by atoms with E-state index in [0.717, 1.165) is 22.6 Å². The van der Waals surface area contributed by atoms with Crippen LogP contribution in [0.3, 0.4) is 0 Å². The largest absolute Gasteiger partial charge is 0.496 e. The number of ether oxygens (including phenoxy) is 1. The van der Waals surface area contributed by atoms with Crippen molar-refractivity contribution >= 4 is 5.69 Å². The Balaban J connectivity index is 2.21. The molecule has 1 N–H and O–H groups in total. The Bertz CT molecular complexity index is 598. The molecule has 2 aromatic rings. The molecule has 2 aromatic carbocycles. The quantitative estimate of drug-likeness (QED) is 0.833. The summed E-state index contributed by atoms with van der Waals surface area (Å²) < 4.78 is 5.38. The molecule has 0 aromatic heterocycles. The second-order valence-corrected chi connectivity index (χ2v) is 4.33.